The fraction of sp³-hybridized carbons (Fsp3) is 0.316. The molecule has 2 bridgehead atoms. The molecule has 0 aromatic heterocycles. The van der Waals surface area contributed by atoms with Gasteiger partial charge in [-0.1, -0.05) is 68.1 Å². The van der Waals surface area contributed by atoms with Gasteiger partial charge in [-0.05, 0) is 109 Å². The van der Waals surface area contributed by atoms with E-state index in [0.717, 1.165) is 86.8 Å². The third kappa shape index (κ3) is 8.96. The molecule has 0 unspecified atom stereocenters. The number of nitrogens with zero attached hydrogens (tertiary/aromatic N) is 1. The molecule has 5 rings (SSSR count). The molecule has 4 aromatic rings. The van der Waals surface area contributed by atoms with Crippen molar-refractivity contribution in [2.24, 2.45) is 0 Å². The molecule has 5 heteroatoms. The van der Waals surface area contributed by atoms with Crippen LogP contribution in [0.3, 0.4) is 0 Å². The molecule has 0 N–H and O–H groups in total. The highest BCUT2D eigenvalue weighted by Crippen LogP contribution is 2.28. The third-order valence-electron chi connectivity index (χ3n) is 7.78. The van der Waals surface area contributed by atoms with Crippen molar-refractivity contribution < 1.29 is 19.0 Å². The van der Waals surface area contributed by atoms with Crippen molar-refractivity contribution in [3.63, 3.8) is 0 Å². The molecule has 0 spiro atoms. The van der Waals surface area contributed by atoms with Gasteiger partial charge in [0, 0.05) is 0 Å². The molecule has 1 aliphatic rings. The van der Waals surface area contributed by atoms with E-state index in [1.165, 1.54) is 11.1 Å². The molecule has 0 aliphatic carbocycles. The van der Waals surface area contributed by atoms with Crippen LogP contribution in [-0.2, 0) is 12.8 Å². The number of para-hydroxylation sites is 2. The number of carbonyl (C=O) groups is 1. The zero-order valence-electron chi connectivity index (χ0n) is 24.7. The van der Waals surface area contributed by atoms with E-state index in [2.05, 4.69) is 12.1 Å². The van der Waals surface area contributed by atoms with Crippen LogP contribution < -0.4 is 14.2 Å². The van der Waals surface area contributed by atoms with E-state index in [1.54, 1.807) is 12.1 Å². The van der Waals surface area contributed by atoms with Crippen LogP contribution in [0.25, 0.3) is 11.1 Å². The number of aryl methyl sites for hydroxylation is 2. The monoisotopic (exact) mass is 573 g/mol. The van der Waals surface area contributed by atoms with Crippen LogP contribution in [-0.4, -0.2) is 19.2 Å². The minimum Gasteiger partial charge on any atom is -0.490 e. The summed E-state index contributed by atoms with van der Waals surface area (Å²) in [6.45, 7) is 1.36. The molecule has 0 radical (unpaired) electrons. The molecule has 0 saturated heterocycles. The first-order valence-corrected chi connectivity index (χ1v) is 15.5. The smallest absolute Gasteiger partial charge is 0.343 e. The van der Waals surface area contributed by atoms with E-state index in [4.69, 9.17) is 19.5 Å². The number of nitriles is 1. The Morgan fingerprint density at radius 2 is 1.14 bits per heavy atom. The van der Waals surface area contributed by atoms with E-state index in [9.17, 15) is 4.79 Å². The summed E-state index contributed by atoms with van der Waals surface area (Å²) in [5.74, 6) is 1.84. The van der Waals surface area contributed by atoms with Crippen molar-refractivity contribution in [1.82, 2.24) is 0 Å². The van der Waals surface area contributed by atoms with Crippen molar-refractivity contribution in [3.8, 4) is 34.4 Å². The highest BCUT2D eigenvalue weighted by Gasteiger charge is 2.13. The summed E-state index contributed by atoms with van der Waals surface area (Å²) < 4.78 is 17.9. The largest absolute Gasteiger partial charge is 0.490 e. The van der Waals surface area contributed by atoms with E-state index >= 15 is 0 Å². The van der Waals surface area contributed by atoms with Crippen LogP contribution >= 0.6 is 0 Å². The van der Waals surface area contributed by atoms with Gasteiger partial charge in [0.2, 0.25) is 0 Å². The number of esters is 1. The number of carbonyl (C=O) groups excluding carboxylic acids is 1. The highest BCUT2D eigenvalue weighted by molar-refractivity contribution is 5.91. The highest BCUT2D eigenvalue weighted by atomic mass is 16.5. The van der Waals surface area contributed by atoms with Gasteiger partial charge in [-0.3, -0.25) is 0 Å². The average Bonchev–Trinajstić information content (AvgIpc) is 3.04. The first kappa shape index (κ1) is 29.9. The molecule has 1 aliphatic heterocycles. The van der Waals surface area contributed by atoms with Crippen molar-refractivity contribution in [2.75, 3.05) is 13.2 Å². The molecule has 0 atom stereocenters. The summed E-state index contributed by atoms with van der Waals surface area (Å²) in [5.41, 5.74) is 5.62. The summed E-state index contributed by atoms with van der Waals surface area (Å²) in [6.07, 6.45) is 10.4. The second-order valence-electron chi connectivity index (χ2n) is 11.1. The van der Waals surface area contributed by atoms with E-state index in [-0.39, 0.29) is 5.97 Å². The predicted octanol–water partition coefficient (Wildman–Crippen LogP) is 9.12. The Labute approximate surface area is 255 Å². The molecule has 0 fully saturated rings. The van der Waals surface area contributed by atoms with Crippen molar-refractivity contribution in [2.45, 2.75) is 64.2 Å². The van der Waals surface area contributed by atoms with Crippen molar-refractivity contribution in [3.05, 3.63) is 113 Å². The molecule has 43 heavy (non-hydrogen) atoms. The van der Waals surface area contributed by atoms with E-state index in [1.807, 2.05) is 72.8 Å². The van der Waals surface area contributed by atoms with Gasteiger partial charge in [-0.25, -0.2) is 4.79 Å². The van der Waals surface area contributed by atoms with Gasteiger partial charge in [0.05, 0.1) is 30.4 Å². The first-order chi connectivity index (χ1) is 21.2. The molecular weight excluding hydrogens is 534 g/mol. The Balaban J connectivity index is 1.22. The van der Waals surface area contributed by atoms with E-state index < -0.39 is 0 Å². The fourth-order valence-corrected chi connectivity index (χ4v) is 5.41. The van der Waals surface area contributed by atoms with Crippen LogP contribution in [0.1, 0.15) is 78.4 Å². The van der Waals surface area contributed by atoms with Gasteiger partial charge in [-0.2, -0.15) is 5.26 Å². The van der Waals surface area contributed by atoms with Gasteiger partial charge < -0.3 is 14.2 Å². The molecule has 5 nitrogen and oxygen atoms in total. The van der Waals surface area contributed by atoms with Crippen LogP contribution in [0, 0.1) is 11.3 Å². The zero-order valence-corrected chi connectivity index (χ0v) is 24.7. The lowest BCUT2D eigenvalue weighted by atomic mass is 9.97. The number of fused-ring (bicyclic) bond motifs is 3. The second kappa shape index (κ2) is 15.6. The Kier molecular flexibility index (Phi) is 10.9. The van der Waals surface area contributed by atoms with Gasteiger partial charge in [0.25, 0.3) is 0 Å². The second-order valence-corrected chi connectivity index (χ2v) is 11.1. The summed E-state index contributed by atoms with van der Waals surface area (Å²) >= 11 is 0. The first-order valence-electron chi connectivity index (χ1n) is 15.5. The Bertz CT molecular complexity index is 1460. The zero-order chi connectivity index (χ0) is 29.7. The Morgan fingerprint density at radius 1 is 0.628 bits per heavy atom. The van der Waals surface area contributed by atoms with Gasteiger partial charge in [0.15, 0.2) is 11.5 Å². The molecule has 4 aromatic carbocycles. The van der Waals surface area contributed by atoms with Gasteiger partial charge in [0.1, 0.15) is 5.75 Å². The summed E-state index contributed by atoms with van der Waals surface area (Å²) in [7, 11) is 0. The van der Waals surface area contributed by atoms with Crippen molar-refractivity contribution >= 4 is 5.97 Å². The van der Waals surface area contributed by atoms with Crippen LogP contribution in [0.5, 0.6) is 17.2 Å². The minimum absolute atomic E-state index is 0.332. The Morgan fingerprint density at radius 3 is 1.67 bits per heavy atom. The van der Waals surface area contributed by atoms with Gasteiger partial charge >= 0.3 is 5.97 Å². The topological polar surface area (TPSA) is 68.5 Å². The fourth-order valence-electron chi connectivity index (χ4n) is 5.41. The number of rotatable bonds is 3. The maximum atomic E-state index is 13.3. The summed E-state index contributed by atoms with van der Waals surface area (Å²) in [6, 6.07) is 31.3. The normalized spacial score (nSPS) is 14.8. The molecule has 0 amide bonds. The van der Waals surface area contributed by atoms with Crippen molar-refractivity contribution in [1.29, 1.82) is 5.26 Å². The van der Waals surface area contributed by atoms with E-state index in [0.29, 0.717) is 30.1 Å². The molecule has 220 valence electrons. The maximum Gasteiger partial charge on any atom is 0.343 e. The number of benzene rings is 4. The lowest BCUT2D eigenvalue weighted by Crippen LogP contribution is -2.10. The Hall–Kier alpha value is -4.56. The maximum absolute atomic E-state index is 13.3. The lowest BCUT2D eigenvalue weighted by Gasteiger charge is -2.12. The molecule has 0 saturated carbocycles. The molecular formula is C38H39NO4. The van der Waals surface area contributed by atoms with Crippen LogP contribution in [0.15, 0.2) is 91.0 Å². The van der Waals surface area contributed by atoms with Crippen LogP contribution in [0.2, 0.25) is 0 Å². The average molecular weight is 574 g/mol. The quantitative estimate of drug-likeness (QED) is 0.181. The lowest BCUT2D eigenvalue weighted by molar-refractivity contribution is 0.0734. The summed E-state index contributed by atoms with van der Waals surface area (Å²) in [4.78, 5) is 13.3. The molecule has 1 heterocycles. The summed E-state index contributed by atoms with van der Waals surface area (Å²) in [5, 5.41) is 9.03. The SMILES string of the molecule is N#Cc1ccc(-c2ccc(OC(=O)c3cc4cc(c3)CCCCCCOc3ccccc3OCCCCCC4)cc2)cc1. The van der Waals surface area contributed by atoms with Crippen LogP contribution in [0.4, 0.5) is 0 Å². The number of hydrogen-bond donors (Lipinski definition) is 0. The minimum atomic E-state index is -0.332. The predicted molar refractivity (Wildman–Crippen MR) is 170 cm³/mol. The number of ether oxygens (including phenoxy) is 3. The number of hydrogen-bond acceptors (Lipinski definition) is 5. The third-order valence-corrected chi connectivity index (χ3v) is 7.78. The van der Waals surface area contributed by atoms with Gasteiger partial charge in [-0.15, -0.1) is 0 Å². The standard InChI is InChI=1S/C38H39NO4/c39-28-29-15-17-32(18-16-29)33-19-21-35(22-20-33)43-38(40)34-26-30-11-5-1-3-9-23-41-36-13-7-8-14-37(36)42-24-10-4-2-6-12-31(25-30)27-34/h7-8,13-22,25-27H,1-6,9-12,23-24H2.